The molecule has 0 saturated carbocycles. The van der Waals surface area contributed by atoms with Crippen LogP contribution in [0.3, 0.4) is 0 Å². The lowest BCUT2D eigenvalue weighted by molar-refractivity contribution is 0.0953. The van der Waals surface area contributed by atoms with E-state index in [0.29, 0.717) is 41.4 Å². The zero-order chi connectivity index (χ0) is 20.6. The Kier molecular flexibility index (Phi) is 8.70. The third-order valence-corrected chi connectivity index (χ3v) is 4.56. The van der Waals surface area contributed by atoms with Crippen molar-refractivity contribution in [2.45, 2.75) is 12.8 Å². The van der Waals surface area contributed by atoms with Crippen molar-refractivity contribution < 1.29 is 14.3 Å². The quantitative estimate of drug-likeness (QED) is 0.507. The smallest absolute Gasteiger partial charge is 0.255 e. The van der Waals surface area contributed by atoms with Crippen molar-refractivity contribution in [2.24, 2.45) is 5.73 Å². The molecule has 0 bridgehead atoms. The molecule has 1 aromatic heterocycles. The van der Waals surface area contributed by atoms with Crippen LogP contribution < -0.4 is 20.5 Å². The molecule has 0 unspecified atom stereocenters. The van der Waals surface area contributed by atoms with Gasteiger partial charge in [0.05, 0.1) is 25.5 Å². The Hall–Kier alpha value is -3.03. The summed E-state index contributed by atoms with van der Waals surface area (Å²) >= 11 is 0. The van der Waals surface area contributed by atoms with Crippen LogP contribution in [-0.2, 0) is 0 Å². The van der Waals surface area contributed by atoms with Gasteiger partial charge in [0.1, 0.15) is 17.2 Å². The number of hydrogen-bond acceptors (Lipinski definition) is 5. The fraction of sp³-hybridized carbons (Fsp3) is 0.273. The molecule has 30 heavy (non-hydrogen) atoms. The van der Waals surface area contributed by atoms with Gasteiger partial charge < -0.3 is 20.5 Å². The predicted octanol–water partition coefficient (Wildman–Crippen LogP) is 3.45. The number of nitrogens with zero attached hydrogens (tertiary/aromatic N) is 2. The van der Waals surface area contributed by atoms with Crippen molar-refractivity contribution in [1.29, 1.82) is 0 Å². The zero-order valence-electron chi connectivity index (χ0n) is 17.1. The molecule has 0 saturated heterocycles. The van der Waals surface area contributed by atoms with Gasteiger partial charge >= 0.3 is 0 Å². The van der Waals surface area contributed by atoms with Gasteiger partial charge in [-0.05, 0) is 49.7 Å². The van der Waals surface area contributed by atoms with Crippen LogP contribution in [0.15, 0.2) is 54.7 Å². The molecule has 3 rings (SSSR count). The van der Waals surface area contributed by atoms with Gasteiger partial charge in [0.15, 0.2) is 0 Å². The Labute approximate surface area is 182 Å². The van der Waals surface area contributed by atoms with E-state index in [0.717, 1.165) is 18.5 Å². The number of amides is 1. The summed E-state index contributed by atoms with van der Waals surface area (Å²) in [4.78, 5) is 12.9. The second-order valence-electron chi connectivity index (χ2n) is 6.49. The summed E-state index contributed by atoms with van der Waals surface area (Å²) in [5.74, 6) is 1.08. The van der Waals surface area contributed by atoms with Crippen LogP contribution in [0.4, 0.5) is 0 Å². The first-order valence-electron chi connectivity index (χ1n) is 9.53. The summed E-state index contributed by atoms with van der Waals surface area (Å²) in [6.07, 6.45) is 3.43. The lowest BCUT2D eigenvalue weighted by atomic mass is 10.1. The standard InChI is InChI=1S/C22H26N4O3.ClH/c1-28-17-10-11-20(29-2)18(14-17)21-19(22(27)24-13-7-6-12-23)15-26(25-21)16-8-4-3-5-9-16;/h3-5,8-11,14-15H,6-7,12-13,23H2,1-2H3,(H,24,27);1H. The number of nitrogens with one attached hydrogen (secondary N) is 1. The molecule has 0 spiro atoms. The van der Waals surface area contributed by atoms with Gasteiger partial charge in [-0.2, -0.15) is 5.10 Å². The van der Waals surface area contributed by atoms with Gasteiger partial charge in [0, 0.05) is 18.3 Å². The third-order valence-electron chi connectivity index (χ3n) is 4.56. The highest BCUT2D eigenvalue weighted by atomic mass is 35.5. The first-order chi connectivity index (χ1) is 14.2. The van der Waals surface area contributed by atoms with Gasteiger partial charge in [-0.25, -0.2) is 4.68 Å². The van der Waals surface area contributed by atoms with Gasteiger partial charge in [0.25, 0.3) is 5.91 Å². The number of nitrogens with two attached hydrogens (primary N) is 1. The average Bonchev–Trinajstić information content (AvgIpc) is 3.22. The Balaban J connectivity index is 0.00000320. The summed E-state index contributed by atoms with van der Waals surface area (Å²) in [5, 5.41) is 7.66. The van der Waals surface area contributed by atoms with Crippen molar-refractivity contribution in [3.63, 3.8) is 0 Å². The number of ether oxygens (including phenoxy) is 2. The number of hydrogen-bond donors (Lipinski definition) is 2. The summed E-state index contributed by atoms with van der Waals surface area (Å²) < 4.78 is 12.6. The third kappa shape index (κ3) is 5.31. The Morgan fingerprint density at radius 3 is 2.53 bits per heavy atom. The average molecular weight is 431 g/mol. The molecule has 8 heteroatoms. The zero-order valence-corrected chi connectivity index (χ0v) is 17.9. The molecule has 0 aliphatic carbocycles. The lowest BCUT2D eigenvalue weighted by Crippen LogP contribution is -2.25. The van der Waals surface area contributed by atoms with Crippen molar-refractivity contribution in [3.05, 3.63) is 60.3 Å². The van der Waals surface area contributed by atoms with Crippen LogP contribution in [0.25, 0.3) is 16.9 Å². The van der Waals surface area contributed by atoms with E-state index in [1.807, 2.05) is 42.5 Å². The minimum Gasteiger partial charge on any atom is -0.497 e. The van der Waals surface area contributed by atoms with Crippen molar-refractivity contribution in [1.82, 2.24) is 15.1 Å². The SMILES string of the molecule is COc1ccc(OC)c(-c2nn(-c3ccccc3)cc2C(=O)NCCCCN)c1.Cl. The van der Waals surface area contributed by atoms with E-state index in [4.69, 9.17) is 20.3 Å². The van der Waals surface area contributed by atoms with Crippen molar-refractivity contribution >= 4 is 18.3 Å². The van der Waals surface area contributed by atoms with Crippen LogP contribution in [0.5, 0.6) is 11.5 Å². The van der Waals surface area contributed by atoms with Gasteiger partial charge in [-0.3, -0.25) is 4.79 Å². The maximum Gasteiger partial charge on any atom is 0.255 e. The minimum absolute atomic E-state index is 0. The maximum absolute atomic E-state index is 12.9. The molecule has 0 aliphatic heterocycles. The van der Waals surface area contributed by atoms with Gasteiger partial charge in [0.2, 0.25) is 0 Å². The predicted molar refractivity (Wildman–Crippen MR) is 120 cm³/mol. The fourth-order valence-corrected chi connectivity index (χ4v) is 3.02. The van der Waals surface area contributed by atoms with E-state index in [9.17, 15) is 4.79 Å². The first kappa shape index (κ1) is 23.3. The van der Waals surface area contributed by atoms with E-state index < -0.39 is 0 Å². The number of unbranched alkanes of at least 4 members (excludes halogenated alkanes) is 1. The molecule has 160 valence electrons. The highest BCUT2D eigenvalue weighted by Gasteiger charge is 2.21. The van der Waals surface area contributed by atoms with Crippen LogP contribution in [-0.4, -0.2) is 43.0 Å². The van der Waals surface area contributed by atoms with Gasteiger partial charge in [-0.15, -0.1) is 12.4 Å². The maximum atomic E-state index is 12.9. The number of rotatable bonds is 9. The van der Waals surface area contributed by atoms with E-state index in [1.54, 1.807) is 31.2 Å². The molecule has 3 N–H and O–H groups in total. The number of carbonyl (C=O) groups is 1. The number of halogens is 1. The summed E-state index contributed by atoms with van der Waals surface area (Å²) in [6.45, 7) is 1.16. The number of para-hydroxylation sites is 1. The van der Waals surface area contributed by atoms with Gasteiger partial charge in [-0.1, -0.05) is 18.2 Å². The number of carbonyl (C=O) groups excluding carboxylic acids is 1. The van der Waals surface area contributed by atoms with Crippen LogP contribution in [0.2, 0.25) is 0 Å². The highest BCUT2D eigenvalue weighted by Crippen LogP contribution is 2.35. The summed E-state index contributed by atoms with van der Waals surface area (Å²) in [6, 6.07) is 15.1. The van der Waals surface area contributed by atoms with E-state index in [1.165, 1.54) is 0 Å². The molecule has 0 atom stereocenters. The molecule has 1 amide bonds. The topological polar surface area (TPSA) is 91.4 Å². The Morgan fingerprint density at radius 2 is 1.87 bits per heavy atom. The van der Waals surface area contributed by atoms with Crippen LogP contribution in [0, 0.1) is 0 Å². The van der Waals surface area contributed by atoms with Crippen LogP contribution in [0.1, 0.15) is 23.2 Å². The molecule has 0 aliphatic rings. The molecule has 7 nitrogen and oxygen atoms in total. The van der Waals surface area contributed by atoms with E-state index in [-0.39, 0.29) is 18.3 Å². The normalized spacial score (nSPS) is 10.2. The van der Waals surface area contributed by atoms with Crippen molar-refractivity contribution in [2.75, 3.05) is 27.3 Å². The Morgan fingerprint density at radius 1 is 1.10 bits per heavy atom. The molecule has 2 aromatic carbocycles. The molecule has 1 heterocycles. The molecular formula is C22H27ClN4O3. The molecule has 3 aromatic rings. The minimum atomic E-state index is -0.191. The first-order valence-corrected chi connectivity index (χ1v) is 9.53. The second-order valence-corrected chi connectivity index (χ2v) is 6.49. The van der Waals surface area contributed by atoms with Crippen LogP contribution >= 0.6 is 12.4 Å². The second kappa shape index (κ2) is 11.2. The molecule has 0 radical (unpaired) electrons. The lowest BCUT2D eigenvalue weighted by Gasteiger charge is -2.10. The molecular weight excluding hydrogens is 404 g/mol. The van der Waals surface area contributed by atoms with E-state index in [2.05, 4.69) is 5.32 Å². The summed E-state index contributed by atoms with van der Waals surface area (Å²) in [7, 11) is 3.19. The fourth-order valence-electron chi connectivity index (χ4n) is 3.02. The molecule has 0 fully saturated rings. The highest BCUT2D eigenvalue weighted by molar-refractivity contribution is 6.00. The number of methoxy groups -OCH3 is 2. The largest absolute Gasteiger partial charge is 0.497 e. The monoisotopic (exact) mass is 430 g/mol. The number of aromatic nitrogens is 2. The van der Waals surface area contributed by atoms with Crippen molar-refractivity contribution in [3.8, 4) is 28.4 Å². The van der Waals surface area contributed by atoms with E-state index >= 15 is 0 Å². The Bertz CT molecular complexity index is 960. The summed E-state index contributed by atoms with van der Waals surface area (Å²) in [5.41, 5.74) is 8.07. The number of benzene rings is 2.